The van der Waals surface area contributed by atoms with Crippen molar-refractivity contribution in [1.82, 2.24) is 20.3 Å². The number of para-hydroxylation sites is 1. The van der Waals surface area contributed by atoms with Gasteiger partial charge in [0.15, 0.2) is 0 Å². The maximum absolute atomic E-state index is 11.8. The molecule has 0 radical (unpaired) electrons. The number of nitrogens with zero attached hydrogens (tertiary/aromatic N) is 3. The molecule has 1 unspecified atom stereocenters. The van der Waals surface area contributed by atoms with Crippen LogP contribution in [0.15, 0.2) is 73.4 Å². The highest BCUT2D eigenvalue weighted by molar-refractivity contribution is 6.00. The topological polar surface area (TPSA) is 131 Å². The molecular weight excluding hydrogens is 484 g/mol. The summed E-state index contributed by atoms with van der Waals surface area (Å²) >= 11 is 0. The maximum atomic E-state index is 11.8. The van der Waals surface area contributed by atoms with Crippen molar-refractivity contribution in [3.8, 4) is 17.0 Å². The summed E-state index contributed by atoms with van der Waals surface area (Å²) in [6, 6.07) is 17.0. The molecule has 3 heterocycles. The summed E-state index contributed by atoms with van der Waals surface area (Å²) in [4.78, 5) is 25.6. The lowest BCUT2D eigenvalue weighted by atomic mass is 9.98. The Bertz CT molecular complexity index is 1490. The normalized spacial score (nSPS) is 17.1. The van der Waals surface area contributed by atoms with E-state index >= 15 is 0 Å². The number of hydrogen-bond donors (Lipinski definition) is 4. The van der Waals surface area contributed by atoms with Gasteiger partial charge in [-0.2, -0.15) is 0 Å². The van der Waals surface area contributed by atoms with Crippen molar-refractivity contribution >= 4 is 34.1 Å². The van der Waals surface area contributed by atoms with Crippen LogP contribution in [-0.2, 0) is 15.1 Å². The number of ether oxygens (including phenoxy) is 2. The fourth-order valence-electron chi connectivity index (χ4n) is 4.38. The van der Waals surface area contributed by atoms with E-state index in [0.29, 0.717) is 48.6 Å². The molecule has 1 aliphatic rings. The standard InChI is InChI=1S/C28H28N6O4/c1-3-24(36)31-20-8-4-6-18(14-20)21-9-5-7-19-15-30-27(34-25(19)21)32-22-10-11-23(33-26(22)37-2)28(17-35)16-29-12-13-38-28/h3-11,14-15,29,35H,1,12-13,16-17H2,2H3,(H,31,36)(H,30,32,34). The lowest BCUT2D eigenvalue weighted by molar-refractivity contribution is -0.111. The van der Waals surface area contributed by atoms with Crippen molar-refractivity contribution in [1.29, 1.82) is 0 Å². The Morgan fingerprint density at radius 3 is 2.87 bits per heavy atom. The van der Waals surface area contributed by atoms with Gasteiger partial charge in [-0.25, -0.2) is 15.0 Å². The van der Waals surface area contributed by atoms with Gasteiger partial charge in [0.1, 0.15) is 11.3 Å². The fourth-order valence-corrected chi connectivity index (χ4v) is 4.38. The second kappa shape index (κ2) is 10.9. The van der Waals surface area contributed by atoms with Crippen LogP contribution in [0, 0.1) is 0 Å². The molecule has 1 fully saturated rings. The number of rotatable bonds is 8. The summed E-state index contributed by atoms with van der Waals surface area (Å²) in [5.74, 6) is 0.409. The molecule has 5 rings (SSSR count). The van der Waals surface area contributed by atoms with Crippen molar-refractivity contribution in [2.24, 2.45) is 0 Å². The predicted octanol–water partition coefficient (Wildman–Crippen LogP) is 3.38. The molecule has 1 aliphatic heterocycles. The van der Waals surface area contributed by atoms with E-state index in [9.17, 15) is 9.90 Å². The van der Waals surface area contributed by atoms with Crippen LogP contribution >= 0.6 is 0 Å². The Morgan fingerprint density at radius 2 is 2.11 bits per heavy atom. The van der Waals surface area contributed by atoms with E-state index in [2.05, 4.69) is 32.5 Å². The second-order valence-electron chi connectivity index (χ2n) is 8.77. The molecule has 2 aromatic heterocycles. The Morgan fingerprint density at radius 1 is 1.24 bits per heavy atom. The lowest BCUT2D eigenvalue weighted by Gasteiger charge is -2.35. The molecular formula is C28H28N6O4. The summed E-state index contributed by atoms with van der Waals surface area (Å²) in [6.45, 7) is 4.93. The predicted molar refractivity (Wildman–Crippen MR) is 145 cm³/mol. The molecule has 1 atom stereocenters. The lowest BCUT2D eigenvalue weighted by Crippen LogP contribution is -2.50. The summed E-state index contributed by atoms with van der Waals surface area (Å²) < 4.78 is 11.4. The number of methoxy groups -OCH3 is 1. The fraction of sp³-hybridized carbons (Fsp3) is 0.214. The highest BCUT2D eigenvalue weighted by atomic mass is 16.5. The van der Waals surface area contributed by atoms with Gasteiger partial charge in [0.05, 0.1) is 31.5 Å². The van der Waals surface area contributed by atoms with Crippen LogP contribution in [0.5, 0.6) is 5.88 Å². The third kappa shape index (κ3) is 5.05. The van der Waals surface area contributed by atoms with Gasteiger partial charge < -0.3 is 30.5 Å². The monoisotopic (exact) mass is 512 g/mol. The van der Waals surface area contributed by atoms with Crippen LogP contribution in [0.2, 0.25) is 0 Å². The summed E-state index contributed by atoms with van der Waals surface area (Å²) in [5.41, 5.74) is 3.37. The number of aromatic nitrogens is 3. The minimum atomic E-state index is -0.932. The van der Waals surface area contributed by atoms with Gasteiger partial charge in [-0.1, -0.05) is 36.9 Å². The summed E-state index contributed by atoms with van der Waals surface area (Å²) in [6.07, 6.45) is 2.97. The van der Waals surface area contributed by atoms with E-state index in [1.807, 2.05) is 48.5 Å². The molecule has 0 bridgehead atoms. The van der Waals surface area contributed by atoms with Gasteiger partial charge in [-0.15, -0.1) is 0 Å². The largest absolute Gasteiger partial charge is 0.480 e. The number of pyridine rings is 1. The first kappa shape index (κ1) is 25.3. The zero-order chi connectivity index (χ0) is 26.5. The Labute approximate surface area is 219 Å². The number of carbonyl (C=O) groups is 1. The SMILES string of the molecule is C=CC(=O)Nc1cccc(-c2cccc3cnc(Nc4ccc(C5(CO)CNCCO5)nc4OC)nc23)c1. The molecule has 1 saturated heterocycles. The number of hydrogen-bond acceptors (Lipinski definition) is 9. The quantitative estimate of drug-likeness (QED) is 0.263. The van der Waals surface area contributed by atoms with Gasteiger partial charge in [0.2, 0.25) is 17.7 Å². The van der Waals surface area contributed by atoms with Gasteiger partial charge in [0, 0.05) is 35.9 Å². The van der Waals surface area contributed by atoms with E-state index in [1.54, 1.807) is 12.3 Å². The molecule has 0 aliphatic carbocycles. The number of aliphatic hydroxyl groups is 1. The molecule has 2 aromatic carbocycles. The molecule has 4 N–H and O–H groups in total. The number of fused-ring (bicyclic) bond motifs is 1. The molecule has 4 aromatic rings. The molecule has 194 valence electrons. The average molecular weight is 513 g/mol. The van der Waals surface area contributed by atoms with Crippen molar-refractivity contribution in [2.75, 3.05) is 44.0 Å². The molecule has 1 amide bonds. The van der Waals surface area contributed by atoms with Crippen molar-refractivity contribution < 1.29 is 19.4 Å². The van der Waals surface area contributed by atoms with E-state index in [4.69, 9.17) is 14.5 Å². The first-order valence-electron chi connectivity index (χ1n) is 12.1. The highest BCUT2D eigenvalue weighted by Crippen LogP contribution is 2.33. The summed E-state index contributed by atoms with van der Waals surface area (Å²) in [5, 5.41) is 20.1. The third-order valence-corrected chi connectivity index (χ3v) is 6.33. The van der Waals surface area contributed by atoms with Crippen LogP contribution in [0.25, 0.3) is 22.0 Å². The minimum absolute atomic E-state index is 0.210. The number of benzene rings is 2. The van der Waals surface area contributed by atoms with Crippen molar-refractivity contribution in [3.63, 3.8) is 0 Å². The van der Waals surface area contributed by atoms with Gasteiger partial charge in [-0.05, 0) is 35.9 Å². The number of carbonyl (C=O) groups excluding carboxylic acids is 1. The molecule has 0 spiro atoms. The zero-order valence-corrected chi connectivity index (χ0v) is 20.9. The number of nitrogens with one attached hydrogen (secondary N) is 3. The van der Waals surface area contributed by atoms with E-state index in [1.165, 1.54) is 13.2 Å². The molecule has 0 saturated carbocycles. The van der Waals surface area contributed by atoms with Gasteiger partial charge in [-0.3, -0.25) is 4.79 Å². The first-order valence-corrected chi connectivity index (χ1v) is 12.1. The van der Waals surface area contributed by atoms with Crippen LogP contribution in [0.1, 0.15) is 5.69 Å². The van der Waals surface area contributed by atoms with E-state index in [-0.39, 0.29) is 12.5 Å². The Balaban J connectivity index is 1.48. The van der Waals surface area contributed by atoms with Crippen LogP contribution in [0.4, 0.5) is 17.3 Å². The highest BCUT2D eigenvalue weighted by Gasteiger charge is 2.37. The van der Waals surface area contributed by atoms with E-state index in [0.717, 1.165) is 22.0 Å². The number of amides is 1. The molecule has 10 heteroatoms. The second-order valence-corrected chi connectivity index (χ2v) is 8.77. The smallest absolute Gasteiger partial charge is 0.247 e. The van der Waals surface area contributed by atoms with Gasteiger partial charge >= 0.3 is 0 Å². The van der Waals surface area contributed by atoms with Crippen LogP contribution in [0.3, 0.4) is 0 Å². The first-order chi connectivity index (χ1) is 18.5. The van der Waals surface area contributed by atoms with E-state index < -0.39 is 5.60 Å². The Hall–Kier alpha value is -4.38. The van der Waals surface area contributed by atoms with Crippen molar-refractivity contribution in [2.45, 2.75) is 5.60 Å². The summed E-state index contributed by atoms with van der Waals surface area (Å²) in [7, 11) is 1.53. The molecule has 10 nitrogen and oxygen atoms in total. The minimum Gasteiger partial charge on any atom is -0.480 e. The van der Waals surface area contributed by atoms with Crippen LogP contribution in [-0.4, -0.2) is 59.4 Å². The number of aliphatic hydroxyl groups excluding tert-OH is 1. The Kier molecular flexibility index (Phi) is 7.27. The number of morpholine rings is 1. The van der Waals surface area contributed by atoms with Crippen LogP contribution < -0.4 is 20.7 Å². The number of anilines is 3. The average Bonchev–Trinajstić information content (AvgIpc) is 2.97. The maximum Gasteiger partial charge on any atom is 0.247 e. The van der Waals surface area contributed by atoms with Gasteiger partial charge in [0.25, 0.3) is 0 Å². The molecule has 38 heavy (non-hydrogen) atoms. The van der Waals surface area contributed by atoms with Crippen molar-refractivity contribution in [3.05, 3.63) is 79.1 Å². The zero-order valence-electron chi connectivity index (χ0n) is 20.9. The third-order valence-electron chi connectivity index (χ3n) is 6.33.